The number of benzene rings is 1. The zero-order chi connectivity index (χ0) is 22.1. The van der Waals surface area contributed by atoms with Gasteiger partial charge in [-0.2, -0.15) is 0 Å². The molecule has 7 heteroatoms. The molecule has 0 spiro atoms. The molecule has 3 rings (SSSR count). The van der Waals surface area contributed by atoms with Gasteiger partial charge >= 0.3 is 0 Å². The molecule has 2 aromatic heterocycles. The molecule has 2 amide bonds. The number of nitrogens with zero attached hydrogens (tertiary/aromatic N) is 4. The number of aromatic nitrogens is 3. The van der Waals surface area contributed by atoms with Crippen molar-refractivity contribution in [3.63, 3.8) is 0 Å². The van der Waals surface area contributed by atoms with Crippen LogP contribution in [0.2, 0.25) is 0 Å². The highest BCUT2D eigenvalue weighted by atomic mass is 16.2. The molecular formula is C24H31N5O2. The van der Waals surface area contributed by atoms with Gasteiger partial charge in [-0.1, -0.05) is 32.0 Å². The predicted octanol–water partition coefficient (Wildman–Crippen LogP) is 3.86. The second-order valence-electron chi connectivity index (χ2n) is 7.64. The Labute approximate surface area is 183 Å². The van der Waals surface area contributed by atoms with Crippen molar-refractivity contribution in [2.75, 3.05) is 13.1 Å². The molecule has 0 aliphatic heterocycles. The maximum absolute atomic E-state index is 12.3. The summed E-state index contributed by atoms with van der Waals surface area (Å²) < 4.78 is 1.94. The van der Waals surface area contributed by atoms with E-state index in [-0.39, 0.29) is 11.8 Å². The van der Waals surface area contributed by atoms with E-state index in [1.807, 2.05) is 45.9 Å². The van der Waals surface area contributed by atoms with Crippen molar-refractivity contribution in [1.29, 1.82) is 0 Å². The van der Waals surface area contributed by atoms with Crippen LogP contribution in [-0.2, 0) is 16.1 Å². The summed E-state index contributed by atoms with van der Waals surface area (Å²) in [4.78, 5) is 35.2. The molecule has 7 nitrogen and oxygen atoms in total. The predicted molar refractivity (Wildman–Crippen MR) is 122 cm³/mol. The van der Waals surface area contributed by atoms with E-state index in [2.05, 4.69) is 29.1 Å². The number of hydrogen-bond acceptors (Lipinski definition) is 4. The van der Waals surface area contributed by atoms with E-state index >= 15 is 0 Å². The van der Waals surface area contributed by atoms with Crippen molar-refractivity contribution in [1.82, 2.24) is 24.8 Å². The van der Waals surface area contributed by atoms with Crippen molar-refractivity contribution in [3.05, 3.63) is 54.5 Å². The van der Waals surface area contributed by atoms with Crippen molar-refractivity contribution in [3.8, 4) is 5.82 Å². The summed E-state index contributed by atoms with van der Waals surface area (Å²) >= 11 is 0. The summed E-state index contributed by atoms with van der Waals surface area (Å²) in [7, 11) is 0. The average Bonchev–Trinajstić information content (AvgIpc) is 3.22. The first-order valence-corrected chi connectivity index (χ1v) is 11.0. The lowest BCUT2D eigenvalue weighted by atomic mass is 10.2. The van der Waals surface area contributed by atoms with E-state index < -0.39 is 0 Å². The lowest BCUT2D eigenvalue weighted by Gasteiger charge is -2.21. The molecule has 31 heavy (non-hydrogen) atoms. The van der Waals surface area contributed by atoms with E-state index in [0.29, 0.717) is 25.8 Å². The first-order chi connectivity index (χ1) is 15.1. The van der Waals surface area contributed by atoms with Crippen LogP contribution >= 0.6 is 0 Å². The number of carbonyl (C=O) groups is 2. The van der Waals surface area contributed by atoms with Gasteiger partial charge in [0.05, 0.1) is 11.0 Å². The van der Waals surface area contributed by atoms with Crippen LogP contribution in [0.25, 0.3) is 16.9 Å². The van der Waals surface area contributed by atoms with E-state index in [4.69, 9.17) is 0 Å². The summed E-state index contributed by atoms with van der Waals surface area (Å²) in [6.07, 6.45) is 6.78. The van der Waals surface area contributed by atoms with Crippen LogP contribution in [0.3, 0.4) is 0 Å². The molecule has 1 aromatic carbocycles. The molecule has 0 saturated carbocycles. The van der Waals surface area contributed by atoms with Crippen molar-refractivity contribution >= 4 is 22.8 Å². The van der Waals surface area contributed by atoms with E-state index in [1.54, 1.807) is 12.5 Å². The summed E-state index contributed by atoms with van der Waals surface area (Å²) in [6.45, 7) is 6.14. The summed E-state index contributed by atoms with van der Waals surface area (Å²) in [5, 5.41) is 2.91. The Kier molecular flexibility index (Phi) is 8.15. The van der Waals surface area contributed by atoms with Crippen LogP contribution in [-0.4, -0.2) is 44.3 Å². The fourth-order valence-electron chi connectivity index (χ4n) is 3.55. The Morgan fingerprint density at radius 2 is 1.77 bits per heavy atom. The lowest BCUT2D eigenvalue weighted by Crippen LogP contribution is -2.32. The normalized spacial score (nSPS) is 10.9. The molecule has 0 saturated heterocycles. The number of fused-ring (bicyclic) bond motifs is 1. The number of nitrogens with one attached hydrogen (secondary N) is 1. The summed E-state index contributed by atoms with van der Waals surface area (Å²) in [5.41, 5.74) is 2.85. The number of hydrogen-bond donors (Lipinski definition) is 1. The number of pyridine rings is 1. The third-order valence-corrected chi connectivity index (χ3v) is 5.13. The molecule has 2 heterocycles. The molecular weight excluding hydrogens is 390 g/mol. The van der Waals surface area contributed by atoms with Gasteiger partial charge < -0.3 is 10.2 Å². The Bertz CT molecular complexity index is 991. The van der Waals surface area contributed by atoms with Gasteiger partial charge in [0, 0.05) is 38.7 Å². The number of amides is 2. The topological polar surface area (TPSA) is 80.1 Å². The lowest BCUT2D eigenvalue weighted by molar-refractivity contribution is -0.131. The average molecular weight is 422 g/mol. The van der Waals surface area contributed by atoms with Crippen LogP contribution in [0.15, 0.2) is 48.9 Å². The third-order valence-electron chi connectivity index (χ3n) is 5.13. The first kappa shape index (κ1) is 22.5. The minimum atomic E-state index is -0.0463. The van der Waals surface area contributed by atoms with Crippen molar-refractivity contribution < 1.29 is 9.59 Å². The zero-order valence-corrected chi connectivity index (χ0v) is 18.4. The molecule has 0 aliphatic carbocycles. The van der Waals surface area contributed by atoms with E-state index in [9.17, 15) is 9.59 Å². The van der Waals surface area contributed by atoms with Gasteiger partial charge in [0.2, 0.25) is 11.8 Å². The maximum Gasteiger partial charge on any atom is 0.222 e. The van der Waals surface area contributed by atoms with Crippen molar-refractivity contribution in [2.24, 2.45) is 0 Å². The SMILES string of the molecule is CCCN(CCC)C(=O)CCCC(=O)NCc1ccc(-n2cnc3ccccc32)nc1. The highest BCUT2D eigenvalue weighted by Gasteiger charge is 2.12. The van der Waals surface area contributed by atoms with Gasteiger partial charge in [0.1, 0.15) is 12.1 Å². The number of rotatable bonds is 11. The van der Waals surface area contributed by atoms with Gasteiger partial charge in [0.25, 0.3) is 0 Å². The smallest absolute Gasteiger partial charge is 0.222 e. The maximum atomic E-state index is 12.3. The quantitative estimate of drug-likeness (QED) is 0.510. The third kappa shape index (κ3) is 6.13. The molecule has 0 unspecified atom stereocenters. The minimum Gasteiger partial charge on any atom is -0.352 e. The van der Waals surface area contributed by atoms with Gasteiger partial charge in [-0.15, -0.1) is 0 Å². The fourth-order valence-corrected chi connectivity index (χ4v) is 3.55. The highest BCUT2D eigenvalue weighted by Crippen LogP contribution is 2.16. The Balaban J connectivity index is 1.45. The Morgan fingerprint density at radius 1 is 1.00 bits per heavy atom. The largest absolute Gasteiger partial charge is 0.352 e. The molecule has 3 aromatic rings. The standard InChI is InChI=1S/C24H31N5O2/c1-3-14-28(15-4-2)24(31)11-7-10-23(30)26-17-19-12-13-22(25-16-19)29-18-27-20-8-5-6-9-21(20)29/h5-6,8-9,12-13,16,18H,3-4,7,10-11,14-15,17H2,1-2H3,(H,26,30). The van der Waals surface area contributed by atoms with Gasteiger partial charge in [0.15, 0.2) is 0 Å². The molecule has 0 radical (unpaired) electrons. The molecule has 0 fully saturated rings. The molecule has 0 bridgehead atoms. The summed E-state index contributed by atoms with van der Waals surface area (Å²) in [6, 6.07) is 11.8. The van der Waals surface area contributed by atoms with Crippen LogP contribution < -0.4 is 5.32 Å². The zero-order valence-electron chi connectivity index (χ0n) is 18.4. The fraction of sp³-hybridized carbons (Fsp3) is 0.417. The van der Waals surface area contributed by atoms with E-state index in [1.165, 1.54) is 0 Å². The highest BCUT2D eigenvalue weighted by molar-refractivity contribution is 5.79. The molecule has 1 N–H and O–H groups in total. The summed E-state index contributed by atoms with van der Waals surface area (Å²) in [5.74, 6) is 0.879. The number of carbonyl (C=O) groups excluding carboxylic acids is 2. The minimum absolute atomic E-state index is 0.0463. The Morgan fingerprint density at radius 3 is 2.48 bits per heavy atom. The molecule has 0 aliphatic rings. The second kappa shape index (κ2) is 11.2. The van der Waals surface area contributed by atoms with Gasteiger partial charge in [-0.3, -0.25) is 14.2 Å². The van der Waals surface area contributed by atoms with Crippen LogP contribution in [0.4, 0.5) is 0 Å². The first-order valence-electron chi connectivity index (χ1n) is 11.0. The monoisotopic (exact) mass is 421 g/mol. The van der Waals surface area contributed by atoms with Gasteiger partial charge in [-0.05, 0) is 43.0 Å². The number of imidazole rings is 1. The van der Waals surface area contributed by atoms with E-state index in [0.717, 1.165) is 48.3 Å². The molecule has 164 valence electrons. The second-order valence-corrected chi connectivity index (χ2v) is 7.64. The van der Waals surface area contributed by atoms with Crippen LogP contribution in [0.5, 0.6) is 0 Å². The number of para-hydroxylation sites is 2. The Hall–Kier alpha value is -3.22. The van der Waals surface area contributed by atoms with Crippen molar-refractivity contribution in [2.45, 2.75) is 52.5 Å². The molecule has 0 atom stereocenters. The van der Waals surface area contributed by atoms with Crippen LogP contribution in [0, 0.1) is 0 Å². The van der Waals surface area contributed by atoms with Crippen LogP contribution in [0.1, 0.15) is 51.5 Å². The van der Waals surface area contributed by atoms with Gasteiger partial charge in [-0.25, -0.2) is 9.97 Å².